The Morgan fingerprint density at radius 1 is 0.750 bits per heavy atom. The summed E-state index contributed by atoms with van der Waals surface area (Å²) in [5.74, 6) is 0. The second kappa shape index (κ2) is 9.15. The van der Waals surface area contributed by atoms with Crippen LogP contribution in [-0.2, 0) is 6.54 Å². The third-order valence-electron chi connectivity index (χ3n) is 4.76. The molecule has 0 N–H and O–H groups in total. The maximum absolute atomic E-state index is 4.82. The highest BCUT2D eigenvalue weighted by Crippen LogP contribution is 2.19. The quantitative estimate of drug-likeness (QED) is 0.627. The molecule has 0 aliphatic carbocycles. The van der Waals surface area contributed by atoms with Gasteiger partial charge in [-0.1, -0.05) is 42.5 Å². The Bertz CT molecular complexity index is 852. The predicted octanol–water partition coefficient (Wildman–Crippen LogP) is 3.27. The first-order valence-electron chi connectivity index (χ1n) is 9.51. The van der Waals surface area contributed by atoms with E-state index < -0.39 is 0 Å². The molecule has 0 radical (unpaired) electrons. The molecule has 0 saturated carbocycles. The van der Waals surface area contributed by atoms with Gasteiger partial charge in [-0.05, 0) is 29.8 Å². The molecule has 1 saturated heterocycles. The first kappa shape index (κ1) is 18.2. The summed E-state index contributed by atoms with van der Waals surface area (Å²) in [5.41, 5.74) is 3.05. The van der Waals surface area contributed by atoms with Crippen LogP contribution in [-0.4, -0.2) is 52.5 Å². The number of hydrogen-bond donors (Lipinski definition) is 0. The lowest BCUT2D eigenvalue weighted by atomic mass is 10.2. The van der Waals surface area contributed by atoms with Crippen LogP contribution in [0.3, 0.4) is 0 Å². The first-order valence-corrected chi connectivity index (χ1v) is 9.51. The highest BCUT2D eigenvalue weighted by molar-refractivity contribution is 5.78. The molecule has 1 aliphatic heterocycles. The van der Waals surface area contributed by atoms with Gasteiger partial charge in [0.2, 0.25) is 0 Å². The number of aromatic nitrogens is 2. The van der Waals surface area contributed by atoms with Crippen molar-refractivity contribution >= 4 is 12.4 Å². The summed E-state index contributed by atoms with van der Waals surface area (Å²) in [6.07, 6.45) is 7.29. The fourth-order valence-electron chi connectivity index (χ4n) is 3.36. The first-order chi connectivity index (χ1) is 13.9. The van der Waals surface area contributed by atoms with Gasteiger partial charge in [-0.2, -0.15) is 0 Å². The number of rotatable bonds is 6. The number of pyridine rings is 2. The summed E-state index contributed by atoms with van der Waals surface area (Å²) < 4.78 is 0. The number of benzene rings is 1. The minimum Gasteiger partial charge on any atom is -0.295 e. The molecule has 1 fully saturated rings. The SMILES string of the molecule is C(=N[C@H]1CN(Cc2ccccc2)C[C@H]1N=Cc1ccccn1)c1ccccn1. The smallest absolute Gasteiger partial charge is 0.0863 e. The molecule has 0 amide bonds. The van der Waals surface area contributed by atoms with E-state index in [2.05, 4.69) is 39.1 Å². The molecule has 5 heteroatoms. The van der Waals surface area contributed by atoms with Crippen LogP contribution < -0.4 is 0 Å². The number of likely N-dealkylation sites (tertiary alicyclic amines) is 1. The van der Waals surface area contributed by atoms with E-state index in [1.807, 2.05) is 54.9 Å². The van der Waals surface area contributed by atoms with Crippen molar-refractivity contribution in [3.05, 3.63) is 96.1 Å². The number of hydrogen-bond acceptors (Lipinski definition) is 5. The molecule has 2 atom stereocenters. The molecule has 0 bridgehead atoms. The van der Waals surface area contributed by atoms with Crippen LogP contribution in [0.25, 0.3) is 0 Å². The van der Waals surface area contributed by atoms with E-state index in [0.29, 0.717) is 0 Å². The highest BCUT2D eigenvalue weighted by Gasteiger charge is 2.31. The zero-order valence-electron chi connectivity index (χ0n) is 15.7. The predicted molar refractivity (Wildman–Crippen MR) is 113 cm³/mol. The van der Waals surface area contributed by atoms with Gasteiger partial charge in [-0.3, -0.25) is 24.9 Å². The third-order valence-corrected chi connectivity index (χ3v) is 4.76. The van der Waals surface area contributed by atoms with Crippen LogP contribution in [0, 0.1) is 0 Å². The zero-order valence-corrected chi connectivity index (χ0v) is 15.7. The Balaban J connectivity index is 1.49. The van der Waals surface area contributed by atoms with Crippen LogP contribution >= 0.6 is 0 Å². The standard InChI is InChI=1S/C23H23N5/c1-2-8-19(9-3-1)16-28-17-22(26-14-20-10-4-6-12-24-20)23(18-28)27-15-21-11-5-7-13-25-21/h1-15,22-23H,16-18H2/t22-,23+. The third kappa shape index (κ3) is 4.96. The second-order valence-corrected chi connectivity index (χ2v) is 6.88. The summed E-state index contributed by atoms with van der Waals surface area (Å²) >= 11 is 0. The fraction of sp³-hybridized carbons (Fsp3) is 0.217. The van der Waals surface area contributed by atoms with Gasteiger partial charge in [0.25, 0.3) is 0 Å². The molecule has 0 unspecified atom stereocenters. The van der Waals surface area contributed by atoms with Gasteiger partial charge < -0.3 is 0 Å². The summed E-state index contributed by atoms with van der Waals surface area (Å²) in [6.45, 7) is 2.66. The van der Waals surface area contributed by atoms with Crippen molar-refractivity contribution in [2.45, 2.75) is 18.6 Å². The molecule has 1 aliphatic rings. The Labute approximate surface area is 165 Å². The van der Waals surface area contributed by atoms with Gasteiger partial charge in [-0.15, -0.1) is 0 Å². The molecule has 28 heavy (non-hydrogen) atoms. The van der Waals surface area contributed by atoms with Crippen LogP contribution in [0.1, 0.15) is 17.0 Å². The van der Waals surface area contributed by atoms with Crippen molar-refractivity contribution in [2.75, 3.05) is 13.1 Å². The van der Waals surface area contributed by atoms with E-state index in [1.165, 1.54) is 5.56 Å². The van der Waals surface area contributed by atoms with Crippen molar-refractivity contribution in [3.63, 3.8) is 0 Å². The molecule has 0 spiro atoms. The summed E-state index contributed by atoms with van der Waals surface area (Å²) in [5, 5.41) is 0. The van der Waals surface area contributed by atoms with E-state index in [-0.39, 0.29) is 12.1 Å². The molecule has 5 nitrogen and oxygen atoms in total. The van der Waals surface area contributed by atoms with Gasteiger partial charge in [-0.25, -0.2) is 0 Å². The Kier molecular flexibility index (Phi) is 5.95. The van der Waals surface area contributed by atoms with Crippen molar-refractivity contribution < 1.29 is 0 Å². The van der Waals surface area contributed by atoms with Crippen molar-refractivity contribution in [1.82, 2.24) is 14.9 Å². The zero-order chi connectivity index (χ0) is 19.0. The second-order valence-electron chi connectivity index (χ2n) is 6.88. The monoisotopic (exact) mass is 369 g/mol. The lowest BCUT2D eigenvalue weighted by Crippen LogP contribution is -2.21. The van der Waals surface area contributed by atoms with E-state index >= 15 is 0 Å². The number of aliphatic imine (C=N–C) groups is 2. The molecule has 2 aromatic heterocycles. The van der Waals surface area contributed by atoms with Gasteiger partial charge >= 0.3 is 0 Å². The van der Waals surface area contributed by atoms with Gasteiger partial charge in [0.05, 0.1) is 23.5 Å². The van der Waals surface area contributed by atoms with Crippen molar-refractivity contribution in [3.8, 4) is 0 Å². The molecular weight excluding hydrogens is 346 g/mol. The molecule has 3 heterocycles. The Morgan fingerprint density at radius 3 is 1.79 bits per heavy atom. The van der Waals surface area contributed by atoms with Gasteiger partial charge in [0.1, 0.15) is 0 Å². The molecule has 3 aromatic rings. The van der Waals surface area contributed by atoms with Crippen molar-refractivity contribution in [2.24, 2.45) is 9.98 Å². The van der Waals surface area contributed by atoms with E-state index in [4.69, 9.17) is 9.98 Å². The van der Waals surface area contributed by atoms with Crippen molar-refractivity contribution in [1.29, 1.82) is 0 Å². The van der Waals surface area contributed by atoms with Crippen LogP contribution in [0.5, 0.6) is 0 Å². The fourth-order valence-corrected chi connectivity index (χ4v) is 3.36. The van der Waals surface area contributed by atoms with E-state index in [0.717, 1.165) is 31.0 Å². The van der Waals surface area contributed by atoms with Gasteiger partial charge in [0, 0.05) is 44.5 Å². The molecule has 4 rings (SSSR count). The highest BCUT2D eigenvalue weighted by atomic mass is 15.2. The average Bonchev–Trinajstić information content (AvgIpc) is 3.14. The minimum absolute atomic E-state index is 0.102. The van der Waals surface area contributed by atoms with Crippen LogP contribution in [0.15, 0.2) is 89.1 Å². The summed E-state index contributed by atoms with van der Waals surface area (Å²) in [7, 11) is 0. The van der Waals surface area contributed by atoms with Gasteiger partial charge in [0.15, 0.2) is 0 Å². The van der Waals surface area contributed by atoms with Crippen LogP contribution in [0.2, 0.25) is 0 Å². The molecule has 1 aromatic carbocycles. The number of nitrogens with zero attached hydrogens (tertiary/aromatic N) is 5. The summed E-state index contributed by atoms with van der Waals surface area (Å²) in [4.78, 5) is 20.7. The maximum atomic E-state index is 4.82. The lowest BCUT2D eigenvalue weighted by Gasteiger charge is -2.14. The van der Waals surface area contributed by atoms with E-state index in [1.54, 1.807) is 12.4 Å². The van der Waals surface area contributed by atoms with E-state index in [9.17, 15) is 0 Å². The lowest BCUT2D eigenvalue weighted by molar-refractivity contribution is 0.324. The molecular formula is C23H23N5. The maximum Gasteiger partial charge on any atom is 0.0863 e. The largest absolute Gasteiger partial charge is 0.295 e. The summed E-state index contributed by atoms with van der Waals surface area (Å²) in [6, 6.07) is 22.4. The Hall–Kier alpha value is -3.18. The Morgan fingerprint density at radius 2 is 1.29 bits per heavy atom. The average molecular weight is 369 g/mol. The topological polar surface area (TPSA) is 53.7 Å². The minimum atomic E-state index is 0.102. The van der Waals surface area contributed by atoms with Crippen LogP contribution in [0.4, 0.5) is 0 Å². The molecule has 140 valence electrons. The normalized spacial score (nSPS) is 20.3.